The highest BCUT2D eigenvalue weighted by Gasteiger charge is 2.29. The lowest BCUT2D eigenvalue weighted by molar-refractivity contribution is 0.0599. The fourth-order valence-electron chi connectivity index (χ4n) is 4.00. The van der Waals surface area contributed by atoms with E-state index in [2.05, 4.69) is 36.1 Å². The summed E-state index contributed by atoms with van der Waals surface area (Å²) in [5.74, 6) is -0.299. The molecule has 7 heteroatoms. The average molecular weight is 427 g/mol. The lowest BCUT2D eigenvalue weighted by atomic mass is 10.1. The number of hydrogen-bond acceptors (Lipinski definition) is 5. The van der Waals surface area contributed by atoms with E-state index in [1.54, 1.807) is 17.0 Å². The molecule has 0 bridgehead atoms. The highest BCUT2D eigenvalue weighted by Crippen LogP contribution is 2.29. The maximum Gasteiger partial charge on any atom is 0.290 e. The van der Waals surface area contributed by atoms with Gasteiger partial charge in [-0.05, 0) is 18.6 Å². The van der Waals surface area contributed by atoms with Crippen molar-refractivity contribution in [2.75, 3.05) is 32.4 Å². The first-order valence-corrected chi connectivity index (χ1v) is 12.1. The van der Waals surface area contributed by atoms with Gasteiger partial charge < -0.3 is 9.32 Å². The number of carbonyl (C=O) groups excluding carboxylic acids is 1. The van der Waals surface area contributed by atoms with Crippen LogP contribution >= 0.6 is 0 Å². The van der Waals surface area contributed by atoms with Crippen molar-refractivity contribution >= 4 is 26.7 Å². The van der Waals surface area contributed by atoms with Crippen LogP contribution in [0.1, 0.15) is 27.2 Å². The normalized spacial score (nSPS) is 15.6. The largest absolute Gasteiger partial charge is 0.451 e. The molecule has 2 heterocycles. The minimum Gasteiger partial charge on any atom is -0.451 e. The zero-order valence-electron chi connectivity index (χ0n) is 17.3. The molecular weight excluding hydrogens is 400 g/mol. The molecule has 1 aliphatic heterocycles. The third-order valence-electron chi connectivity index (χ3n) is 5.45. The van der Waals surface area contributed by atoms with Crippen LogP contribution in [0.25, 0.3) is 11.0 Å². The predicted molar refractivity (Wildman–Crippen MR) is 117 cm³/mol. The summed E-state index contributed by atoms with van der Waals surface area (Å²) in [7, 11) is -3.31. The molecule has 158 valence electrons. The molecule has 1 aliphatic rings. The van der Waals surface area contributed by atoms with Gasteiger partial charge in [-0.2, -0.15) is 0 Å². The first-order valence-electron chi connectivity index (χ1n) is 10.1. The summed E-state index contributed by atoms with van der Waals surface area (Å²) >= 11 is 0. The van der Waals surface area contributed by atoms with E-state index in [1.165, 1.54) is 17.4 Å². The first kappa shape index (κ1) is 20.6. The molecule has 4 rings (SSSR count). The Kier molecular flexibility index (Phi) is 5.66. The zero-order chi connectivity index (χ0) is 21.3. The molecular formula is C23H26N2O4S. The molecule has 6 nitrogen and oxygen atoms in total. The summed E-state index contributed by atoms with van der Waals surface area (Å²) in [6, 6.07) is 15.7. The molecule has 0 atom stereocenters. The van der Waals surface area contributed by atoms with Crippen LogP contribution in [0.3, 0.4) is 0 Å². The van der Waals surface area contributed by atoms with E-state index in [0.29, 0.717) is 29.6 Å². The van der Waals surface area contributed by atoms with Crippen molar-refractivity contribution in [2.45, 2.75) is 19.2 Å². The average Bonchev–Trinajstić information content (AvgIpc) is 3.05. The number of sulfone groups is 1. The maximum atomic E-state index is 13.2. The Bertz CT molecular complexity index is 1170. The van der Waals surface area contributed by atoms with Crippen molar-refractivity contribution in [1.82, 2.24) is 9.80 Å². The first-order chi connectivity index (χ1) is 14.3. The molecule has 0 N–H and O–H groups in total. The van der Waals surface area contributed by atoms with Gasteiger partial charge in [-0.3, -0.25) is 9.69 Å². The summed E-state index contributed by atoms with van der Waals surface area (Å²) in [5, 5.41) is 0.685. The molecule has 2 aromatic carbocycles. The fourth-order valence-corrected chi connectivity index (χ4v) is 4.81. The van der Waals surface area contributed by atoms with Gasteiger partial charge in [0.05, 0.1) is 5.75 Å². The number of nitrogens with zero attached hydrogens (tertiary/aromatic N) is 2. The van der Waals surface area contributed by atoms with Gasteiger partial charge in [-0.15, -0.1) is 0 Å². The van der Waals surface area contributed by atoms with Gasteiger partial charge in [0, 0.05) is 49.9 Å². The summed E-state index contributed by atoms with van der Waals surface area (Å²) in [6.45, 7) is 5.64. The second kappa shape index (κ2) is 8.24. The molecule has 1 saturated heterocycles. The summed E-state index contributed by atoms with van der Waals surface area (Å²) < 4.78 is 29.7. The number of benzene rings is 2. The van der Waals surface area contributed by atoms with Crippen molar-refractivity contribution in [3.8, 4) is 0 Å². The number of hydrogen-bond donors (Lipinski definition) is 0. The number of amides is 1. The number of fused-ring (bicyclic) bond motifs is 1. The van der Waals surface area contributed by atoms with E-state index >= 15 is 0 Å². The van der Waals surface area contributed by atoms with Gasteiger partial charge in [-0.1, -0.05) is 48.0 Å². The molecule has 0 saturated carbocycles. The minimum absolute atomic E-state index is 0.147. The Hall–Kier alpha value is -2.64. The van der Waals surface area contributed by atoms with Crippen LogP contribution in [0.4, 0.5) is 0 Å². The van der Waals surface area contributed by atoms with Crippen LogP contribution in [-0.2, 0) is 22.1 Å². The lowest BCUT2D eigenvalue weighted by Crippen LogP contribution is -2.48. The molecule has 3 aromatic rings. The molecule has 1 aromatic heterocycles. The summed E-state index contributed by atoms with van der Waals surface area (Å²) in [5.41, 5.74) is 3.50. The highest BCUT2D eigenvalue weighted by atomic mass is 32.2. The second-order valence-corrected chi connectivity index (χ2v) is 10.2. The van der Waals surface area contributed by atoms with E-state index in [9.17, 15) is 13.2 Å². The molecule has 1 fully saturated rings. The third-order valence-corrected chi connectivity index (χ3v) is 6.26. The Morgan fingerprint density at radius 1 is 1.03 bits per heavy atom. The third kappa shape index (κ3) is 4.57. The Balaban J connectivity index is 1.50. The molecule has 0 spiro atoms. The van der Waals surface area contributed by atoms with E-state index in [4.69, 9.17) is 4.42 Å². The van der Waals surface area contributed by atoms with Gasteiger partial charge >= 0.3 is 0 Å². The van der Waals surface area contributed by atoms with Crippen molar-refractivity contribution in [3.05, 3.63) is 71.0 Å². The van der Waals surface area contributed by atoms with Crippen molar-refractivity contribution in [2.24, 2.45) is 0 Å². The van der Waals surface area contributed by atoms with Gasteiger partial charge in [0.2, 0.25) is 0 Å². The molecule has 0 radical (unpaired) electrons. The lowest BCUT2D eigenvalue weighted by Gasteiger charge is -2.34. The highest BCUT2D eigenvalue weighted by molar-refractivity contribution is 7.89. The van der Waals surface area contributed by atoms with Gasteiger partial charge in [0.1, 0.15) is 5.58 Å². The topological polar surface area (TPSA) is 70.8 Å². The molecule has 0 aliphatic carbocycles. The summed E-state index contributed by atoms with van der Waals surface area (Å²) in [4.78, 5) is 17.3. The van der Waals surface area contributed by atoms with Crippen molar-refractivity contribution in [3.63, 3.8) is 0 Å². The number of piperazine rings is 1. The van der Waals surface area contributed by atoms with E-state index < -0.39 is 9.84 Å². The Morgan fingerprint density at radius 2 is 1.77 bits per heavy atom. The molecule has 1 amide bonds. The van der Waals surface area contributed by atoms with Gasteiger partial charge in [-0.25, -0.2) is 8.42 Å². The standard InChI is InChI=1S/C23H26N2O4S/c1-17-6-5-7-18(14-17)15-24-10-12-25(13-11-24)23(26)22-20(16-30(2,27)28)19-8-3-4-9-21(19)29-22/h3-9,14H,10-13,15-16H2,1-2H3. The molecule has 0 unspecified atom stereocenters. The van der Waals surface area contributed by atoms with E-state index in [-0.39, 0.29) is 17.4 Å². The van der Waals surface area contributed by atoms with Crippen LogP contribution < -0.4 is 0 Å². The number of carbonyl (C=O) groups is 1. The van der Waals surface area contributed by atoms with E-state index in [1.807, 2.05) is 12.1 Å². The number of para-hydroxylation sites is 1. The molecule has 30 heavy (non-hydrogen) atoms. The van der Waals surface area contributed by atoms with Crippen LogP contribution in [-0.4, -0.2) is 56.6 Å². The van der Waals surface area contributed by atoms with Gasteiger partial charge in [0.15, 0.2) is 15.6 Å². The van der Waals surface area contributed by atoms with Gasteiger partial charge in [0.25, 0.3) is 5.91 Å². The van der Waals surface area contributed by atoms with Crippen molar-refractivity contribution < 1.29 is 17.6 Å². The Morgan fingerprint density at radius 3 is 2.47 bits per heavy atom. The van der Waals surface area contributed by atoms with Crippen LogP contribution in [0.15, 0.2) is 52.9 Å². The van der Waals surface area contributed by atoms with E-state index in [0.717, 1.165) is 19.6 Å². The number of rotatable bonds is 5. The maximum absolute atomic E-state index is 13.2. The van der Waals surface area contributed by atoms with Crippen LogP contribution in [0, 0.1) is 6.92 Å². The predicted octanol–water partition coefficient (Wildman–Crippen LogP) is 3.24. The summed E-state index contributed by atoms with van der Waals surface area (Å²) in [6.07, 6.45) is 1.17. The van der Waals surface area contributed by atoms with Crippen LogP contribution in [0.5, 0.6) is 0 Å². The smallest absolute Gasteiger partial charge is 0.290 e. The Labute approximate surface area is 177 Å². The monoisotopic (exact) mass is 426 g/mol. The quantitative estimate of drug-likeness (QED) is 0.626. The number of furan rings is 1. The fraction of sp³-hybridized carbons (Fsp3) is 0.348. The zero-order valence-corrected chi connectivity index (χ0v) is 18.1. The van der Waals surface area contributed by atoms with Crippen molar-refractivity contribution in [1.29, 1.82) is 0 Å². The van der Waals surface area contributed by atoms with Crippen LogP contribution in [0.2, 0.25) is 0 Å². The SMILES string of the molecule is Cc1cccc(CN2CCN(C(=O)c3oc4ccccc4c3CS(C)(=O)=O)CC2)c1. The number of aryl methyl sites for hydroxylation is 1. The minimum atomic E-state index is -3.31. The second-order valence-electron chi connectivity index (χ2n) is 8.03.